The van der Waals surface area contributed by atoms with Crippen molar-refractivity contribution in [3.05, 3.63) is 23.8 Å². The van der Waals surface area contributed by atoms with E-state index in [1.54, 1.807) is 18.2 Å². The highest BCUT2D eigenvalue weighted by molar-refractivity contribution is 5.95. The summed E-state index contributed by atoms with van der Waals surface area (Å²) < 4.78 is 5.67. The van der Waals surface area contributed by atoms with Crippen LogP contribution in [0, 0.1) is 5.92 Å². The summed E-state index contributed by atoms with van der Waals surface area (Å²) in [6.45, 7) is 7.81. The molecule has 0 fully saturated rings. The first-order chi connectivity index (χ1) is 10.5. The minimum atomic E-state index is -0.0816. The minimum absolute atomic E-state index is 0.0816. The lowest BCUT2D eigenvalue weighted by Crippen LogP contribution is -2.25. The van der Waals surface area contributed by atoms with Gasteiger partial charge in [-0.2, -0.15) is 0 Å². The average Bonchev–Trinajstić information content (AvgIpc) is 2.48. The number of unbranched alkanes of at least 4 members (excludes halogenated alkanes) is 3. The van der Waals surface area contributed by atoms with Gasteiger partial charge in [0.15, 0.2) is 0 Å². The highest BCUT2D eigenvalue weighted by atomic mass is 16.5. The predicted octanol–water partition coefficient (Wildman–Crippen LogP) is 4.00. The van der Waals surface area contributed by atoms with Gasteiger partial charge in [-0.25, -0.2) is 0 Å². The van der Waals surface area contributed by atoms with Gasteiger partial charge in [0, 0.05) is 12.1 Å². The molecule has 1 aromatic carbocycles. The van der Waals surface area contributed by atoms with Crippen molar-refractivity contribution in [3.63, 3.8) is 0 Å². The van der Waals surface area contributed by atoms with E-state index in [1.807, 2.05) is 0 Å². The summed E-state index contributed by atoms with van der Waals surface area (Å²) in [6, 6.07) is 5.24. The second kappa shape index (κ2) is 10.1. The molecule has 0 aliphatic carbocycles. The summed E-state index contributed by atoms with van der Waals surface area (Å²) in [7, 11) is 0. The molecule has 0 aromatic heterocycles. The van der Waals surface area contributed by atoms with Crippen LogP contribution in [0.5, 0.6) is 5.75 Å². The number of anilines is 1. The van der Waals surface area contributed by atoms with Gasteiger partial charge in [-0.05, 0) is 37.0 Å². The van der Waals surface area contributed by atoms with Crippen LogP contribution in [0.4, 0.5) is 5.69 Å². The molecule has 0 unspecified atom stereocenters. The molecule has 0 bridgehead atoms. The topological polar surface area (TPSA) is 64.3 Å². The SMILES string of the molecule is CCCCCCOc1ccc(C(=O)NCCC(C)C)cc1N. The van der Waals surface area contributed by atoms with Crippen molar-refractivity contribution in [2.75, 3.05) is 18.9 Å². The van der Waals surface area contributed by atoms with Crippen LogP contribution in [-0.2, 0) is 0 Å². The molecule has 4 nitrogen and oxygen atoms in total. The van der Waals surface area contributed by atoms with Crippen molar-refractivity contribution in [1.82, 2.24) is 5.32 Å². The molecule has 4 heteroatoms. The van der Waals surface area contributed by atoms with Crippen LogP contribution in [0.25, 0.3) is 0 Å². The van der Waals surface area contributed by atoms with Crippen LogP contribution in [0.3, 0.4) is 0 Å². The third-order valence-electron chi connectivity index (χ3n) is 3.53. The summed E-state index contributed by atoms with van der Waals surface area (Å²) in [4.78, 5) is 12.0. The third-order valence-corrected chi connectivity index (χ3v) is 3.53. The van der Waals surface area contributed by atoms with E-state index >= 15 is 0 Å². The molecule has 1 rings (SSSR count). The lowest BCUT2D eigenvalue weighted by molar-refractivity contribution is 0.0952. The fourth-order valence-electron chi connectivity index (χ4n) is 2.11. The number of nitrogen functional groups attached to an aromatic ring is 1. The molecule has 0 atom stereocenters. The molecule has 0 saturated carbocycles. The Morgan fingerprint density at radius 2 is 2.05 bits per heavy atom. The molecule has 0 radical (unpaired) electrons. The molecule has 3 N–H and O–H groups in total. The number of ether oxygens (including phenoxy) is 1. The molecule has 22 heavy (non-hydrogen) atoms. The zero-order valence-corrected chi connectivity index (χ0v) is 14.2. The van der Waals surface area contributed by atoms with Crippen molar-refractivity contribution < 1.29 is 9.53 Å². The monoisotopic (exact) mass is 306 g/mol. The molecule has 0 saturated heterocycles. The Morgan fingerprint density at radius 3 is 2.68 bits per heavy atom. The fraction of sp³-hybridized carbons (Fsp3) is 0.611. The summed E-state index contributed by atoms with van der Waals surface area (Å²) in [6.07, 6.45) is 5.62. The van der Waals surface area contributed by atoms with Crippen LogP contribution < -0.4 is 15.8 Å². The zero-order chi connectivity index (χ0) is 16.4. The van der Waals surface area contributed by atoms with Gasteiger partial charge in [0.1, 0.15) is 5.75 Å². The Morgan fingerprint density at radius 1 is 1.27 bits per heavy atom. The Labute approximate surface area is 134 Å². The van der Waals surface area contributed by atoms with Crippen molar-refractivity contribution >= 4 is 11.6 Å². The Bertz CT molecular complexity index is 458. The number of carbonyl (C=O) groups is 1. The quantitative estimate of drug-likeness (QED) is 0.507. The number of carbonyl (C=O) groups excluding carboxylic acids is 1. The molecule has 0 aliphatic rings. The first kappa shape index (κ1) is 18.3. The summed E-state index contributed by atoms with van der Waals surface area (Å²) >= 11 is 0. The Balaban J connectivity index is 2.45. The van der Waals surface area contributed by atoms with Crippen LogP contribution in [-0.4, -0.2) is 19.1 Å². The maximum Gasteiger partial charge on any atom is 0.251 e. The zero-order valence-electron chi connectivity index (χ0n) is 14.2. The maximum absolute atomic E-state index is 12.0. The highest BCUT2D eigenvalue weighted by Crippen LogP contribution is 2.23. The van der Waals surface area contributed by atoms with Gasteiger partial charge in [-0.15, -0.1) is 0 Å². The molecule has 124 valence electrons. The predicted molar refractivity (Wildman–Crippen MR) is 92.3 cm³/mol. The van der Waals surface area contributed by atoms with Gasteiger partial charge >= 0.3 is 0 Å². The number of hydrogen-bond acceptors (Lipinski definition) is 3. The second-order valence-electron chi connectivity index (χ2n) is 6.10. The van der Waals surface area contributed by atoms with Gasteiger partial charge < -0.3 is 15.8 Å². The largest absolute Gasteiger partial charge is 0.491 e. The first-order valence-electron chi connectivity index (χ1n) is 8.35. The van der Waals surface area contributed by atoms with Crippen LogP contribution >= 0.6 is 0 Å². The fourth-order valence-corrected chi connectivity index (χ4v) is 2.11. The van der Waals surface area contributed by atoms with Gasteiger partial charge in [0.2, 0.25) is 0 Å². The lowest BCUT2D eigenvalue weighted by Gasteiger charge is -2.11. The van der Waals surface area contributed by atoms with E-state index in [2.05, 4.69) is 26.1 Å². The first-order valence-corrected chi connectivity index (χ1v) is 8.35. The molecule has 1 amide bonds. The third kappa shape index (κ3) is 6.83. The average molecular weight is 306 g/mol. The van der Waals surface area contributed by atoms with E-state index in [4.69, 9.17) is 10.5 Å². The number of nitrogens with two attached hydrogens (primary N) is 1. The smallest absolute Gasteiger partial charge is 0.251 e. The normalized spacial score (nSPS) is 10.7. The number of amides is 1. The lowest BCUT2D eigenvalue weighted by atomic mass is 10.1. The van der Waals surface area contributed by atoms with Crippen molar-refractivity contribution in [2.45, 2.75) is 52.9 Å². The Hall–Kier alpha value is -1.71. The van der Waals surface area contributed by atoms with Crippen molar-refractivity contribution in [3.8, 4) is 5.75 Å². The van der Waals surface area contributed by atoms with Gasteiger partial charge in [0.25, 0.3) is 5.91 Å². The molecular formula is C18H30N2O2. The molecule has 0 aliphatic heterocycles. The molecule has 0 heterocycles. The van der Waals surface area contributed by atoms with Crippen LogP contribution in [0.1, 0.15) is 63.2 Å². The van der Waals surface area contributed by atoms with E-state index in [9.17, 15) is 4.79 Å². The van der Waals surface area contributed by atoms with E-state index in [0.29, 0.717) is 36.1 Å². The van der Waals surface area contributed by atoms with E-state index in [0.717, 1.165) is 12.8 Å². The van der Waals surface area contributed by atoms with Crippen LogP contribution in [0.15, 0.2) is 18.2 Å². The number of nitrogens with one attached hydrogen (secondary N) is 1. The maximum atomic E-state index is 12.0. The number of hydrogen-bond donors (Lipinski definition) is 2. The van der Waals surface area contributed by atoms with Gasteiger partial charge in [0.05, 0.1) is 12.3 Å². The van der Waals surface area contributed by atoms with Crippen LogP contribution in [0.2, 0.25) is 0 Å². The molecule has 1 aromatic rings. The second-order valence-corrected chi connectivity index (χ2v) is 6.10. The van der Waals surface area contributed by atoms with Gasteiger partial charge in [-0.3, -0.25) is 4.79 Å². The van der Waals surface area contributed by atoms with E-state index < -0.39 is 0 Å². The standard InChI is InChI=1S/C18H30N2O2/c1-4-5-6-7-12-22-17-9-8-15(13-16(17)19)18(21)20-11-10-14(2)3/h8-9,13-14H,4-7,10-12,19H2,1-3H3,(H,20,21). The number of benzene rings is 1. The summed E-state index contributed by atoms with van der Waals surface area (Å²) in [5.41, 5.74) is 7.08. The summed E-state index contributed by atoms with van der Waals surface area (Å²) in [5, 5.41) is 2.91. The van der Waals surface area contributed by atoms with E-state index in [-0.39, 0.29) is 5.91 Å². The van der Waals surface area contributed by atoms with Crippen molar-refractivity contribution in [2.24, 2.45) is 5.92 Å². The minimum Gasteiger partial charge on any atom is -0.491 e. The Kier molecular flexibility index (Phi) is 8.41. The van der Waals surface area contributed by atoms with E-state index in [1.165, 1.54) is 19.3 Å². The number of rotatable bonds is 10. The van der Waals surface area contributed by atoms with Gasteiger partial charge in [-0.1, -0.05) is 40.0 Å². The highest BCUT2D eigenvalue weighted by Gasteiger charge is 2.09. The summed E-state index contributed by atoms with van der Waals surface area (Å²) in [5.74, 6) is 1.16. The molecule has 0 spiro atoms. The molecular weight excluding hydrogens is 276 g/mol. The van der Waals surface area contributed by atoms with Crippen molar-refractivity contribution in [1.29, 1.82) is 0 Å².